The molecule has 0 aromatic heterocycles. The van der Waals surface area contributed by atoms with Crippen molar-refractivity contribution in [1.82, 2.24) is 10.2 Å². The van der Waals surface area contributed by atoms with Gasteiger partial charge in [-0.3, -0.25) is 4.79 Å². The first-order valence-corrected chi connectivity index (χ1v) is 10.8. The predicted molar refractivity (Wildman–Crippen MR) is 116 cm³/mol. The topological polar surface area (TPSA) is 41.6 Å². The molecule has 1 fully saturated rings. The van der Waals surface area contributed by atoms with E-state index in [9.17, 15) is 4.79 Å². The van der Waals surface area contributed by atoms with E-state index in [1.807, 2.05) is 31.2 Å². The molecule has 2 aromatic rings. The number of nitrogens with one attached hydrogen (secondary N) is 1. The van der Waals surface area contributed by atoms with E-state index in [1.165, 1.54) is 5.56 Å². The predicted octanol–water partition coefficient (Wildman–Crippen LogP) is 4.27. The molecule has 1 heterocycles. The Bertz CT molecular complexity index is 753. The Labute approximate surface area is 172 Å². The second-order valence-corrected chi connectivity index (χ2v) is 8.97. The number of ether oxygens (including phenoxy) is 1. The Morgan fingerprint density at radius 2 is 1.79 bits per heavy atom. The highest BCUT2D eigenvalue weighted by molar-refractivity contribution is 8.00. The average Bonchev–Trinajstić information content (AvgIpc) is 2.70. The summed E-state index contributed by atoms with van der Waals surface area (Å²) in [6.07, 6.45) is 2.46. The van der Waals surface area contributed by atoms with Crippen molar-refractivity contribution in [3.05, 3.63) is 59.7 Å². The molecule has 0 radical (unpaired) electrons. The van der Waals surface area contributed by atoms with Gasteiger partial charge in [0.2, 0.25) is 5.91 Å². The number of aryl methyl sites for hydroxylation is 1. The maximum absolute atomic E-state index is 12.4. The Hall–Kier alpha value is -1.98. The van der Waals surface area contributed by atoms with E-state index >= 15 is 0 Å². The summed E-state index contributed by atoms with van der Waals surface area (Å²) in [5, 5.41) is 2.90. The van der Waals surface area contributed by atoms with Crippen molar-refractivity contribution >= 4 is 17.7 Å². The van der Waals surface area contributed by atoms with Crippen LogP contribution in [0.15, 0.2) is 53.4 Å². The third kappa shape index (κ3) is 6.28. The van der Waals surface area contributed by atoms with Gasteiger partial charge in [-0.1, -0.05) is 29.8 Å². The van der Waals surface area contributed by atoms with Crippen molar-refractivity contribution in [1.29, 1.82) is 0 Å². The first-order chi connectivity index (χ1) is 13.5. The third-order valence-corrected chi connectivity index (χ3v) is 6.17. The van der Waals surface area contributed by atoms with E-state index in [0.717, 1.165) is 42.1 Å². The van der Waals surface area contributed by atoms with Crippen molar-refractivity contribution in [2.75, 3.05) is 20.1 Å². The summed E-state index contributed by atoms with van der Waals surface area (Å²) in [5.74, 6) is 0.963. The van der Waals surface area contributed by atoms with Gasteiger partial charge in [-0.2, -0.15) is 0 Å². The summed E-state index contributed by atoms with van der Waals surface area (Å²) in [7, 11) is 2.15. The van der Waals surface area contributed by atoms with E-state index in [-0.39, 0.29) is 11.2 Å². The molecule has 4 nitrogen and oxygen atoms in total. The smallest absolute Gasteiger partial charge is 0.233 e. The number of thioether (sulfide) groups is 1. The van der Waals surface area contributed by atoms with Gasteiger partial charge in [-0.05, 0) is 63.6 Å². The monoisotopic (exact) mass is 398 g/mol. The molecule has 5 heteroatoms. The third-order valence-electron chi connectivity index (χ3n) is 5.06. The molecule has 1 saturated heterocycles. The van der Waals surface area contributed by atoms with E-state index in [2.05, 4.69) is 48.5 Å². The lowest BCUT2D eigenvalue weighted by Crippen LogP contribution is -2.35. The number of piperidine rings is 1. The number of hydrogen-bond acceptors (Lipinski definition) is 4. The zero-order chi connectivity index (χ0) is 19.9. The molecule has 1 atom stereocenters. The van der Waals surface area contributed by atoms with Crippen LogP contribution in [-0.2, 0) is 11.3 Å². The average molecular weight is 399 g/mol. The molecule has 1 N–H and O–H groups in total. The van der Waals surface area contributed by atoms with Gasteiger partial charge in [0.15, 0.2) is 0 Å². The van der Waals surface area contributed by atoms with E-state index < -0.39 is 0 Å². The Morgan fingerprint density at radius 1 is 1.14 bits per heavy atom. The lowest BCUT2D eigenvalue weighted by atomic mass is 10.1. The van der Waals surface area contributed by atoms with Gasteiger partial charge in [-0.15, -0.1) is 11.8 Å². The highest BCUT2D eigenvalue weighted by Crippen LogP contribution is 2.24. The highest BCUT2D eigenvalue weighted by Gasteiger charge is 2.18. The maximum Gasteiger partial charge on any atom is 0.233 e. The Morgan fingerprint density at radius 3 is 2.43 bits per heavy atom. The van der Waals surface area contributed by atoms with Gasteiger partial charge in [0.05, 0.1) is 5.25 Å². The maximum atomic E-state index is 12.4. The summed E-state index contributed by atoms with van der Waals surface area (Å²) >= 11 is 1.58. The first-order valence-electron chi connectivity index (χ1n) is 9.95. The van der Waals surface area contributed by atoms with Crippen molar-refractivity contribution in [3.63, 3.8) is 0 Å². The van der Waals surface area contributed by atoms with Crippen LogP contribution in [0.3, 0.4) is 0 Å². The molecular weight excluding hydrogens is 368 g/mol. The van der Waals surface area contributed by atoms with Crippen molar-refractivity contribution in [3.8, 4) is 5.75 Å². The number of hydrogen-bond donors (Lipinski definition) is 1. The van der Waals surface area contributed by atoms with Gasteiger partial charge in [-0.25, -0.2) is 0 Å². The second kappa shape index (κ2) is 9.99. The quantitative estimate of drug-likeness (QED) is 0.708. The van der Waals surface area contributed by atoms with E-state index in [1.54, 1.807) is 11.8 Å². The summed E-state index contributed by atoms with van der Waals surface area (Å²) in [4.78, 5) is 15.8. The minimum atomic E-state index is -0.130. The molecule has 0 bridgehead atoms. The summed E-state index contributed by atoms with van der Waals surface area (Å²) in [6, 6.07) is 16.3. The van der Waals surface area contributed by atoms with Crippen LogP contribution < -0.4 is 10.1 Å². The van der Waals surface area contributed by atoms with Crippen molar-refractivity contribution in [2.24, 2.45) is 0 Å². The van der Waals surface area contributed by atoms with Crippen LogP contribution in [0.1, 0.15) is 30.9 Å². The number of carbonyl (C=O) groups is 1. The van der Waals surface area contributed by atoms with Crippen LogP contribution >= 0.6 is 11.8 Å². The van der Waals surface area contributed by atoms with Gasteiger partial charge >= 0.3 is 0 Å². The first kappa shape index (κ1) is 20.7. The molecule has 1 aliphatic rings. The summed E-state index contributed by atoms with van der Waals surface area (Å²) < 4.78 is 6.08. The second-order valence-electron chi connectivity index (χ2n) is 7.56. The van der Waals surface area contributed by atoms with Gasteiger partial charge < -0.3 is 15.0 Å². The minimum absolute atomic E-state index is 0.0530. The zero-order valence-corrected chi connectivity index (χ0v) is 17.8. The van der Waals surface area contributed by atoms with Crippen LogP contribution in [0.5, 0.6) is 5.75 Å². The zero-order valence-electron chi connectivity index (χ0n) is 17.0. The SMILES string of the molecule is Cc1ccc(S[C@@H](C)C(=O)NCc2ccc(OC3CCN(C)CC3)cc2)cc1. The number of benzene rings is 2. The van der Waals surface area contributed by atoms with E-state index in [0.29, 0.717) is 12.6 Å². The molecule has 0 aliphatic carbocycles. The van der Waals surface area contributed by atoms with Crippen LogP contribution in [0, 0.1) is 6.92 Å². The lowest BCUT2D eigenvalue weighted by Gasteiger charge is -2.29. The van der Waals surface area contributed by atoms with E-state index in [4.69, 9.17) is 4.74 Å². The molecular formula is C23H30N2O2S. The molecule has 1 aliphatic heterocycles. The van der Waals surface area contributed by atoms with Gasteiger partial charge in [0, 0.05) is 24.5 Å². The van der Waals surface area contributed by atoms with Crippen molar-refractivity contribution in [2.45, 2.75) is 49.5 Å². The number of nitrogens with zero attached hydrogens (tertiary/aromatic N) is 1. The molecule has 0 saturated carbocycles. The number of carbonyl (C=O) groups excluding carboxylic acids is 1. The van der Waals surface area contributed by atoms with Crippen LogP contribution in [0.2, 0.25) is 0 Å². The molecule has 1 amide bonds. The molecule has 0 spiro atoms. The van der Waals surface area contributed by atoms with Crippen LogP contribution in [0.25, 0.3) is 0 Å². The van der Waals surface area contributed by atoms with Crippen molar-refractivity contribution < 1.29 is 9.53 Å². The minimum Gasteiger partial charge on any atom is -0.490 e. The lowest BCUT2D eigenvalue weighted by molar-refractivity contribution is -0.120. The highest BCUT2D eigenvalue weighted by atomic mass is 32.2. The standard InChI is InChI=1S/C23H30N2O2S/c1-17-4-10-22(11-5-17)28-18(2)23(26)24-16-19-6-8-20(9-7-19)27-21-12-14-25(3)15-13-21/h4-11,18,21H,12-16H2,1-3H3,(H,24,26)/t18-/m0/s1. The van der Waals surface area contributed by atoms with Gasteiger partial charge in [0.25, 0.3) is 0 Å². The van der Waals surface area contributed by atoms with Gasteiger partial charge in [0.1, 0.15) is 11.9 Å². The fraction of sp³-hybridized carbons (Fsp3) is 0.435. The number of rotatable bonds is 7. The fourth-order valence-electron chi connectivity index (χ4n) is 3.19. The normalized spacial score (nSPS) is 16.5. The molecule has 2 aromatic carbocycles. The Balaban J connectivity index is 1.43. The fourth-order valence-corrected chi connectivity index (χ4v) is 4.08. The molecule has 28 heavy (non-hydrogen) atoms. The molecule has 150 valence electrons. The van der Waals surface area contributed by atoms with Crippen LogP contribution in [0.4, 0.5) is 0 Å². The number of likely N-dealkylation sites (tertiary alicyclic amines) is 1. The summed E-state index contributed by atoms with van der Waals surface area (Å²) in [5.41, 5.74) is 2.31. The number of amides is 1. The molecule has 3 rings (SSSR count). The Kier molecular flexibility index (Phi) is 7.40. The summed E-state index contributed by atoms with van der Waals surface area (Å²) in [6.45, 7) is 6.72. The van der Waals surface area contributed by atoms with Crippen LogP contribution in [-0.4, -0.2) is 42.3 Å². The molecule has 0 unspecified atom stereocenters. The largest absolute Gasteiger partial charge is 0.490 e.